The maximum absolute atomic E-state index is 13.6. The van der Waals surface area contributed by atoms with Gasteiger partial charge in [0.15, 0.2) is 5.75 Å². The topological polar surface area (TPSA) is 135 Å². The summed E-state index contributed by atoms with van der Waals surface area (Å²) < 4.78 is 1.55. The lowest BCUT2D eigenvalue weighted by Crippen LogP contribution is -2.31. The number of thioether (sulfide) groups is 1. The second kappa shape index (κ2) is 9.18. The number of anilines is 2. The van der Waals surface area contributed by atoms with Crippen LogP contribution in [0.2, 0.25) is 0 Å². The van der Waals surface area contributed by atoms with Crippen LogP contribution >= 0.6 is 11.8 Å². The molecule has 1 atom stereocenters. The molecule has 1 amide bonds. The summed E-state index contributed by atoms with van der Waals surface area (Å²) >= 11 is 1.44. The maximum atomic E-state index is 13.6. The third-order valence-corrected chi connectivity index (χ3v) is 6.44. The SMILES string of the molecule is CCSc1nc2n(n1)C(c1ccc(O)c([N+](=O)[O-])c1)C(C(=O)Nc1cccc(C)c1C)=C(C)N2. The molecule has 0 fully saturated rings. The van der Waals surface area contributed by atoms with E-state index in [0.717, 1.165) is 16.9 Å². The summed E-state index contributed by atoms with van der Waals surface area (Å²) in [6.45, 7) is 7.62. The molecule has 4 rings (SSSR count). The molecule has 34 heavy (non-hydrogen) atoms. The van der Waals surface area contributed by atoms with Gasteiger partial charge in [0, 0.05) is 17.5 Å². The number of phenols is 1. The standard InChI is InChI=1S/C23H24N6O4S/c1-5-34-23-26-22-24-14(4)19(21(31)25-16-8-6-7-12(2)13(16)3)20(28(22)27-23)15-9-10-18(30)17(11-15)29(32)33/h6-11,20,30H,5H2,1-4H3,(H,25,31)(H,24,26,27). The number of aromatic hydroxyl groups is 1. The molecular formula is C23H24N6O4S. The van der Waals surface area contributed by atoms with Crippen LogP contribution in [0.5, 0.6) is 5.75 Å². The summed E-state index contributed by atoms with van der Waals surface area (Å²) in [4.78, 5) is 28.9. The van der Waals surface area contributed by atoms with Crippen LogP contribution in [0.1, 0.15) is 36.6 Å². The van der Waals surface area contributed by atoms with E-state index in [4.69, 9.17) is 0 Å². The van der Waals surface area contributed by atoms with Crippen molar-refractivity contribution in [2.45, 2.75) is 38.9 Å². The third kappa shape index (κ3) is 4.21. The Balaban J connectivity index is 1.84. The minimum Gasteiger partial charge on any atom is -0.502 e. The van der Waals surface area contributed by atoms with Crippen molar-refractivity contribution in [2.75, 3.05) is 16.4 Å². The van der Waals surface area contributed by atoms with Gasteiger partial charge in [-0.05, 0) is 55.3 Å². The van der Waals surface area contributed by atoms with E-state index < -0.39 is 22.4 Å². The fraction of sp³-hybridized carbons (Fsp3) is 0.261. The number of rotatable bonds is 6. The number of hydrogen-bond donors (Lipinski definition) is 3. The molecule has 1 aliphatic heterocycles. The number of hydrogen-bond acceptors (Lipinski definition) is 8. The van der Waals surface area contributed by atoms with Crippen molar-refractivity contribution < 1.29 is 14.8 Å². The molecule has 10 nitrogen and oxygen atoms in total. The van der Waals surface area contributed by atoms with Gasteiger partial charge in [-0.2, -0.15) is 4.98 Å². The molecule has 11 heteroatoms. The number of aromatic nitrogens is 3. The maximum Gasteiger partial charge on any atom is 0.311 e. The first kappa shape index (κ1) is 23.3. The fourth-order valence-electron chi connectivity index (χ4n) is 3.86. The lowest BCUT2D eigenvalue weighted by Gasteiger charge is -2.28. The highest BCUT2D eigenvalue weighted by Gasteiger charge is 2.35. The van der Waals surface area contributed by atoms with Gasteiger partial charge < -0.3 is 15.7 Å². The van der Waals surface area contributed by atoms with Crippen molar-refractivity contribution in [3.63, 3.8) is 0 Å². The molecule has 0 bridgehead atoms. The van der Waals surface area contributed by atoms with Crippen molar-refractivity contribution >= 4 is 35.0 Å². The second-order valence-corrected chi connectivity index (χ2v) is 9.10. The number of amides is 1. The van der Waals surface area contributed by atoms with Crippen molar-refractivity contribution in [3.8, 4) is 5.75 Å². The van der Waals surface area contributed by atoms with E-state index in [2.05, 4.69) is 20.7 Å². The highest BCUT2D eigenvalue weighted by Crippen LogP contribution is 2.39. The van der Waals surface area contributed by atoms with E-state index in [1.54, 1.807) is 17.7 Å². The number of fused-ring (bicyclic) bond motifs is 1. The van der Waals surface area contributed by atoms with Crippen LogP contribution in [0.15, 0.2) is 52.8 Å². The summed E-state index contributed by atoms with van der Waals surface area (Å²) in [5.41, 5.74) is 3.52. The molecule has 1 aromatic heterocycles. The van der Waals surface area contributed by atoms with Crippen molar-refractivity contribution in [3.05, 3.63) is 74.5 Å². The van der Waals surface area contributed by atoms with Crippen molar-refractivity contribution in [1.82, 2.24) is 14.8 Å². The summed E-state index contributed by atoms with van der Waals surface area (Å²) in [5, 5.41) is 32.7. The van der Waals surface area contributed by atoms with E-state index in [1.165, 1.54) is 23.9 Å². The second-order valence-electron chi connectivity index (χ2n) is 7.87. The highest BCUT2D eigenvalue weighted by atomic mass is 32.2. The molecule has 2 heterocycles. The van der Waals surface area contributed by atoms with E-state index >= 15 is 0 Å². The molecule has 0 spiro atoms. The van der Waals surface area contributed by atoms with Crippen molar-refractivity contribution in [1.29, 1.82) is 0 Å². The predicted molar refractivity (Wildman–Crippen MR) is 130 cm³/mol. The van der Waals surface area contributed by atoms with Crippen LogP contribution in [-0.4, -0.2) is 36.5 Å². The Labute approximate surface area is 200 Å². The number of carbonyl (C=O) groups is 1. The normalized spacial score (nSPS) is 15.0. The number of phenolic OH excluding ortho intramolecular Hbond substituents is 1. The largest absolute Gasteiger partial charge is 0.502 e. The number of nitro benzene ring substituents is 1. The Morgan fingerprint density at radius 2 is 2.06 bits per heavy atom. The van der Waals surface area contributed by atoms with Crippen LogP contribution in [0.25, 0.3) is 0 Å². The molecule has 3 aromatic rings. The van der Waals surface area contributed by atoms with Gasteiger partial charge in [-0.25, -0.2) is 4.68 Å². The zero-order valence-electron chi connectivity index (χ0n) is 19.1. The van der Waals surface area contributed by atoms with Crippen molar-refractivity contribution in [2.24, 2.45) is 0 Å². The molecule has 0 radical (unpaired) electrons. The third-order valence-electron chi connectivity index (χ3n) is 5.72. The van der Waals surface area contributed by atoms with Gasteiger partial charge in [0.05, 0.1) is 10.5 Å². The first-order valence-electron chi connectivity index (χ1n) is 10.6. The summed E-state index contributed by atoms with van der Waals surface area (Å²) in [7, 11) is 0. The summed E-state index contributed by atoms with van der Waals surface area (Å²) in [6.07, 6.45) is 0. The van der Waals surface area contributed by atoms with E-state index in [-0.39, 0.29) is 5.91 Å². The van der Waals surface area contributed by atoms with Gasteiger partial charge in [-0.1, -0.05) is 36.9 Å². The Morgan fingerprint density at radius 1 is 1.29 bits per heavy atom. The molecule has 3 N–H and O–H groups in total. The van der Waals surface area contributed by atoms with Gasteiger partial charge >= 0.3 is 5.69 Å². The van der Waals surface area contributed by atoms with E-state index in [1.807, 2.05) is 39.0 Å². The number of allylic oxidation sites excluding steroid dienone is 1. The molecule has 2 aromatic carbocycles. The first-order chi connectivity index (χ1) is 16.2. The number of aryl methyl sites for hydroxylation is 1. The number of benzene rings is 2. The van der Waals surface area contributed by atoms with Crippen LogP contribution in [0.3, 0.4) is 0 Å². The van der Waals surface area contributed by atoms with Crippen LogP contribution in [-0.2, 0) is 4.79 Å². The average Bonchev–Trinajstić information content (AvgIpc) is 3.18. The Bertz CT molecular complexity index is 1330. The van der Waals surface area contributed by atoms with E-state index in [0.29, 0.717) is 33.6 Å². The Hall–Kier alpha value is -3.86. The molecule has 0 aliphatic carbocycles. The zero-order valence-corrected chi connectivity index (χ0v) is 19.9. The minimum absolute atomic E-state index is 0.339. The number of carbonyl (C=O) groups excluding carboxylic acids is 1. The molecular weight excluding hydrogens is 456 g/mol. The number of nitro groups is 1. The zero-order chi connectivity index (χ0) is 24.6. The Kier molecular flexibility index (Phi) is 6.29. The van der Waals surface area contributed by atoms with E-state index in [9.17, 15) is 20.0 Å². The highest BCUT2D eigenvalue weighted by molar-refractivity contribution is 7.99. The minimum atomic E-state index is -0.792. The monoisotopic (exact) mass is 480 g/mol. The Morgan fingerprint density at radius 3 is 2.76 bits per heavy atom. The average molecular weight is 481 g/mol. The predicted octanol–water partition coefficient (Wildman–Crippen LogP) is 4.55. The molecule has 1 aliphatic rings. The van der Waals surface area contributed by atoms with Gasteiger partial charge in [0.2, 0.25) is 11.1 Å². The summed E-state index contributed by atoms with van der Waals surface area (Å²) in [6, 6.07) is 8.93. The molecule has 176 valence electrons. The number of nitrogens with one attached hydrogen (secondary N) is 2. The summed E-state index contributed by atoms with van der Waals surface area (Å²) in [5.74, 6) is 0.360. The van der Waals surface area contributed by atoms with Crippen LogP contribution < -0.4 is 10.6 Å². The van der Waals surface area contributed by atoms with Gasteiger partial charge in [-0.3, -0.25) is 14.9 Å². The van der Waals surface area contributed by atoms with Gasteiger partial charge in [0.1, 0.15) is 6.04 Å². The van der Waals surface area contributed by atoms with Gasteiger partial charge in [0.25, 0.3) is 5.91 Å². The van der Waals surface area contributed by atoms with Crippen LogP contribution in [0.4, 0.5) is 17.3 Å². The fourth-order valence-corrected chi connectivity index (χ4v) is 4.41. The lowest BCUT2D eigenvalue weighted by atomic mass is 9.94. The molecule has 0 saturated carbocycles. The number of nitrogens with zero attached hydrogens (tertiary/aromatic N) is 4. The van der Waals surface area contributed by atoms with Crippen LogP contribution in [0, 0.1) is 24.0 Å². The quantitative estimate of drug-likeness (QED) is 0.266. The molecule has 0 saturated heterocycles. The van der Waals surface area contributed by atoms with Gasteiger partial charge in [-0.15, -0.1) is 5.10 Å². The molecule has 1 unspecified atom stereocenters. The first-order valence-corrected chi connectivity index (χ1v) is 11.6. The lowest BCUT2D eigenvalue weighted by molar-refractivity contribution is -0.385. The smallest absolute Gasteiger partial charge is 0.311 e.